The Bertz CT molecular complexity index is 183. The largest absolute Gasteiger partial charge is 0.394 e. The first-order chi connectivity index (χ1) is 6.74. The van der Waals surface area contributed by atoms with Crippen LogP contribution in [0.3, 0.4) is 0 Å². The van der Waals surface area contributed by atoms with Crippen LogP contribution in [0.4, 0.5) is 0 Å². The summed E-state index contributed by atoms with van der Waals surface area (Å²) in [5.74, 6) is 0.872. The van der Waals surface area contributed by atoms with Crippen molar-refractivity contribution in [2.75, 3.05) is 6.61 Å². The van der Waals surface area contributed by atoms with Gasteiger partial charge in [0.15, 0.2) is 0 Å². The van der Waals surface area contributed by atoms with E-state index >= 15 is 0 Å². The molecule has 0 aromatic carbocycles. The van der Waals surface area contributed by atoms with Gasteiger partial charge in [0, 0.05) is 11.6 Å². The van der Waals surface area contributed by atoms with Crippen LogP contribution in [0.25, 0.3) is 0 Å². The molecule has 0 aromatic heterocycles. The molecule has 2 fully saturated rings. The molecule has 2 aliphatic rings. The van der Waals surface area contributed by atoms with Gasteiger partial charge in [0.05, 0.1) is 6.61 Å². The van der Waals surface area contributed by atoms with Crippen molar-refractivity contribution in [1.29, 1.82) is 0 Å². The zero-order chi connectivity index (χ0) is 10.0. The van der Waals surface area contributed by atoms with Crippen LogP contribution in [-0.2, 0) is 0 Å². The van der Waals surface area contributed by atoms with Crippen molar-refractivity contribution < 1.29 is 5.11 Å². The quantitative estimate of drug-likeness (QED) is 0.726. The summed E-state index contributed by atoms with van der Waals surface area (Å²) in [4.78, 5) is 0. The van der Waals surface area contributed by atoms with Crippen LogP contribution in [0, 0.1) is 5.92 Å². The van der Waals surface area contributed by atoms with E-state index in [9.17, 15) is 5.11 Å². The molecule has 2 aliphatic carbocycles. The van der Waals surface area contributed by atoms with E-state index in [1.807, 2.05) is 0 Å². The Morgan fingerprint density at radius 1 is 1.29 bits per heavy atom. The Labute approximate surface area is 87.1 Å². The van der Waals surface area contributed by atoms with Crippen molar-refractivity contribution in [2.45, 2.75) is 63.5 Å². The van der Waals surface area contributed by atoms with Gasteiger partial charge in [0.25, 0.3) is 0 Å². The molecule has 2 unspecified atom stereocenters. The van der Waals surface area contributed by atoms with Gasteiger partial charge in [-0.2, -0.15) is 0 Å². The number of rotatable bonds is 3. The summed E-state index contributed by atoms with van der Waals surface area (Å²) >= 11 is 0. The van der Waals surface area contributed by atoms with Gasteiger partial charge in [-0.05, 0) is 38.0 Å². The summed E-state index contributed by atoms with van der Waals surface area (Å²) in [6.45, 7) is 2.68. The summed E-state index contributed by atoms with van der Waals surface area (Å²) < 4.78 is 0. The molecule has 2 heteroatoms. The van der Waals surface area contributed by atoms with Gasteiger partial charge in [-0.3, -0.25) is 0 Å². The van der Waals surface area contributed by atoms with Crippen molar-refractivity contribution in [3.63, 3.8) is 0 Å². The maximum absolute atomic E-state index is 9.37. The van der Waals surface area contributed by atoms with E-state index in [0.717, 1.165) is 5.92 Å². The molecular weight excluding hydrogens is 174 g/mol. The van der Waals surface area contributed by atoms with Crippen LogP contribution in [0.1, 0.15) is 51.9 Å². The van der Waals surface area contributed by atoms with Crippen molar-refractivity contribution in [3.05, 3.63) is 0 Å². The molecule has 0 amide bonds. The Balaban J connectivity index is 1.83. The normalized spacial score (nSPS) is 36.4. The highest BCUT2D eigenvalue weighted by Gasteiger charge is 2.38. The lowest BCUT2D eigenvalue weighted by atomic mass is 9.75. The van der Waals surface area contributed by atoms with Crippen molar-refractivity contribution in [3.8, 4) is 0 Å². The topological polar surface area (TPSA) is 32.3 Å². The predicted octanol–water partition coefficient (Wildman–Crippen LogP) is 2.07. The van der Waals surface area contributed by atoms with Crippen molar-refractivity contribution >= 4 is 0 Å². The second-order valence-corrected chi connectivity index (χ2v) is 5.41. The highest BCUT2D eigenvalue weighted by atomic mass is 16.3. The minimum absolute atomic E-state index is 0.113. The van der Waals surface area contributed by atoms with E-state index in [4.69, 9.17) is 0 Å². The number of aliphatic hydroxyl groups is 1. The fraction of sp³-hybridized carbons (Fsp3) is 1.00. The molecular formula is C12H23NO. The van der Waals surface area contributed by atoms with Crippen LogP contribution in [0.2, 0.25) is 0 Å². The van der Waals surface area contributed by atoms with Crippen LogP contribution < -0.4 is 5.32 Å². The lowest BCUT2D eigenvalue weighted by molar-refractivity contribution is 0.0668. The molecule has 14 heavy (non-hydrogen) atoms. The van der Waals surface area contributed by atoms with Crippen LogP contribution in [-0.4, -0.2) is 23.3 Å². The smallest absolute Gasteiger partial charge is 0.0613 e. The summed E-state index contributed by atoms with van der Waals surface area (Å²) in [5.41, 5.74) is 0.113. The lowest BCUT2D eigenvalue weighted by Gasteiger charge is -2.45. The van der Waals surface area contributed by atoms with E-state index in [1.54, 1.807) is 0 Å². The van der Waals surface area contributed by atoms with Gasteiger partial charge in [0.2, 0.25) is 0 Å². The zero-order valence-electron chi connectivity index (χ0n) is 9.26. The monoisotopic (exact) mass is 197 g/mol. The van der Waals surface area contributed by atoms with Crippen LogP contribution in [0.5, 0.6) is 0 Å². The van der Waals surface area contributed by atoms with Gasteiger partial charge >= 0.3 is 0 Å². The summed E-state index contributed by atoms with van der Waals surface area (Å²) in [6, 6.07) is 0.672. The number of hydrogen-bond donors (Lipinski definition) is 2. The highest BCUT2D eigenvalue weighted by molar-refractivity contribution is 4.98. The highest BCUT2D eigenvalue weighted by Crippen LogP contribution is 2.34. The lowest BCUT2D eigenvalue weighted by Crippen LogP contribution is -2.58. The second kappa shape index (κ2) is 4.19. The standard InChI is InChI=1S/C12H23NO/c1-10-4-2-5-11(8-10)13-12(9-14)6-3-7-12/h10-11,13-14H,2-9H2,1H3. The van der Waals surface area contributed by atoms with Gasteiger partial charge in [-0.1, -0.05) is 19.8 Å². The molecule has 0 heterocycles. The van der Waals surface area contributed by atoms with E-state index in [0.29, 0.717) is 12.6 Å². The molecule has 82 valence electrons. The van der Waals surface area contributed by atoms with Crippen LogP contribution in [0.15, 0.2) is 0 Å². The fourth-order valence-electron chi connectivity index (χ4n) is 2.95. The van der Waals surface area contributed by atoms with Crippen molar-refractivity contribution in [2.24, 2.45) is 5.92 Å². The molecule has 0 radical (unpaired) electrons. The first-order valence-electron chi connectivity index (χ1n) is 6.13. The molecule has 0 saturated heterocycles. The van der Waals surface area contributed by atoms with Gasteiger partial charge in [0.1, 0.15) is 0 Å². The molecule has 2 rings (SSSR count). The molecule has 2 atom stereocenters. The Kier molecular flexibility index (Phi) is 3.13. The van der Waals surface area contributed by atoms with Crippen molar-refractivity contribution in [1.82, 2.24) is 5.32 Å². The molecule has 2 N–H and O–H groups in total. The predicted molar refractivity (Wildman–Crippen MR) is 58.2 cm³/mol. The van der Waals surface area contributed by atoms with Crippen LogP contribution >= 0.6 is 0 Å². The minimum Gasteiger partial charge on any atom is -0.394 e. The third kappa shape index (κ3) is 2.12. The molecule has 2 saturated carbocycles. The SMILES string of the molecule is CC1CCCC(NC2(CO)CCC2)C1. The molecule has 2 nitrogen and oxygen atoms in total. The van der Waals surface area contributed by atoms with E-state index in [1.165, 1.54) is 44.9 Å². The zero-order valence-corrected chi connectivity index (χ0v) is 9.26. The number of nitrogens with one attached hydrogen (secondary N) is 1. The van der Waals surface area contributed by atoms with Gasteiger partial charge in [-0.15, -0.1) is 0 Å². The summed E-state index contributed by atoms with van der Waals surface area (Å²) in [7, 11) is 0. The third-order valence-corrected chi connectivity index (χ3v) is 4.06. The number of hydrogen-bond acceptors (Lipinski definition) is 2. The Hall–Kier alpha value is -0.0800. The average Bonchev–Trinajstić information content (AvgIpc) is 2.11. The maximum atomic E-state index is 9.37. The molecule has 0 aromatic rings. The fourth-order valence-corrected chi connectivity index (χ4v) is 2.95. The van der Waals surface area contributed by atoms with E-state index < -0.39 is 0 Å². The number of aliphatic hydroxyl groups excluding tert-OH is 1. The van der Waals surface area contributed by atoms with Gasteiger partial charge < -0.3 is 10.4 Å². The minimum atomic E-state index is 0.113. The molecule has 0 spiro atoms. The average molecular weight is 197 g/mol. The Morgan fingerprint density at radius 3 is 2.57 bits per heavy atom. The van der Waals surface area contributed by atoms with Gasteiger partial charge in [-0.25, -0.2) is 0 Å². The summed E-state index contributed by atoms with van der Waals surface area (Å²) in [5, 5.41) is 13.1. The summed E-state index contributed by atoms with van der Waals surface area (Å²) in [6.07, 6.45) is 9.01. The molecule has 0 aliphatic heterocycles. The first-order valence-corrected chi connectivity index (χ1v) is 6.13. The maximum Gasteiger partial charge on any atom is 0.0613 e. The third-order valence-electron chi connectivity index (χ3n) is 4.06. The Morgan fingerprint density at radius 2 is 2.07 bits per heavy atom. The molecule has 0 bridgehead atoms. The van der Waals surface area contributed by atoms with E-state index in [-0.39, 0.29) is 5.54 Å². The van der Waals surface area contributed by atoms with E-state index in [2.05, 4.69) is 12.2 Å². The first kappa shape index (κ1) is 10.4. The second-order valence-electron chi connectivity index (χ2n) is 5.41.